The number of ether oxygens (including phenoxy) is 2. The van der Waals surface area contributed by atoms with Crippen molar-refractivity contribution in [2.24, 2.45) is 17.8 Å². The summed E-state index contributed by atoms with van der Waals surface area (Å²) in [6.45, 7) is 6.45. The number of benzene rings is 1. The maximum atomic E-state index is 12.1. The number of rotatable bonds is 6. The highest BCUT2D eigenvalue weighted by molar-refractivity contribution is 5.94. The minimum Gasteiger partial charge on any atom is -0.466 e. The van der Waals surface area contributed by atoms with Gasteiger partial charge in [-0.15, -0.1) is 0 Å². The lowest BCUT2D eigenvalue weighted by molar-refractivity contribution is -0.151. The Labute approximate surface area is 130 Å². The standard InChI is InChI=1S/C18H22O4/c1-4-11-7-9-12(10-8-11)18-13(14(18)16(19)21-5-2)15(18)17(20)22-6-3/h7-10,13-15H,4-6H2,1-3H3/t13?,14-,15-,18?/m0/s1. The van der Waals surface area contributed by atoms with Crippen LogP contribution in [0.25, 0.3) is 0 Å². The molecule has 2 fully saturated rings. The molecule has 2 atom stereocenters. The summed E-state index contributed by atoms with van der Waals surface area (Å²) in [7, 11) is 0. The third kappa shape index (κ3) is 1.97. The Bertz CT molecular complexity index is 564. The van der Waals surface area contributed by atoms with Gasteiger partial charge in [0.25, 0.3) is 0 Å². The Balaban J connectivity index is 1.84. The number of esters is 2. The molecule has 2 saturated carbocycles. The highest BCUT2D eigenvalue weighted by Gasteiger charge is 2.92. The highest BCUT2D eigenvalue weighted by Crippen LogP contribution is 2.84. The molecule has 4 nitrogen and oxygen atoms in total. The first-order valence-electron chi connectivity index (χ1n) is 8.05. The maximum Gasteiger partial charge on any atom is 0.310 e. The third-order valence-electron chi connectivity index (χ3n) is 5.02. The molecule has 22 heavy (non-hydrogen) atoms. The summed E-state index contributed by atoms with van der Waals surface area (Å²) in [6.07, 6.45) is 0.972. The second kappa shape index (κ2) is 5.41. The molecule has 0 bridgehead atoms. The average molecular weight is 302 g/mol. The smallest absolute Gasteiger partial charge is 0.310 e. The van der Waals surface area contributed by atoms with Gasteiger partial charge in [0.15, 0.2) is 0 Å². The topological polar surface area (TPSA) is 52.6 Å². The van der Waals surface area contributed by atoms with Crippen LogP contribution in [0.2, 0.25) is 0 Å². The summed E-state index contributed by atoms with van der Waals surface area (Å²) in [6, 6.07) is 8.24. The molecule has 0 saturated heterocycles. The van der Waals surface area contributed by atoms with Gasteiger partial charge in [-0.2, -0.15) is 0 Å². The molecule has 0 radical (unpaired) electrons. The van der Waals surface area contributed by atoms with E-state index < -0.39 is 0 Å². The molecule has 1 aromatic carbocycles. The van der Waals surface area contributed by atoms with Crippen LogP contribution in [0, 0.1) is 17.8 Å². The molecule has 0 N–H and O–H groups in total. The van der Waals surface area contributed by atoms with E-state index in [9.17, 15) is 9.59 Å². The fourth-order valence-corrected chi connectivity index (χ4v) is 3.87. The van der Waals surface area contributed by atoms with Gasteiger partial charge >= 0.3 is 11.9 Å². The molecule has 118 valence electrons. The first-order valence-corrected chi connectivity index (χ1v) is 8.05. The number of aryl methyl sites for hydroxylation is 1. The van der Waals surface area contributed by atoms with Crippen LogP contribution in [0.1, 0.15) is 31.9 Å². The molecule has 2 aliphatic rings. The number of carbonyl (C=O) groups is 2. The zero-order valence-electron chi connectivity index (χ0n) is 13.3. The van der Waals surface area contributed by atoms with Crippen LogP contribution in [0.5, 0.6) is 0 Å². The molecule has 0 unspecified atom stereocenters. The molecule has 4 heteroatoms. The molecule has 0 aromatic heterocycles. The highest BCUT2D eigenvalue weighted by atomic mass is 16.5. The van der Waals surface area contributed by atoms with Crippen LogP contribution >= 0.6 is 0 Å². The molecular weight excluding hydrogens is 280 g/mol. The Morgan fingerprint density at radius 1 is 0.955 bits per heavy atom. The van der Waals surface area contributed by atoms with Crippen LogP contribution in [0.3, 0.4) is 0 Å². The molecule has 0 heterocycles. The molecule has 0 aliphatic heterocycles. The van der Waals surface area contributed by atoms with Gasteiger partial charge in [0, 0.05) is 5.41 Å². The number of hydrogen-bond acceptors (Lipinski definition) is 4. The van der Waals surface area contributed by atoms with Crippen molar-refractivity contribution < 1.29 is 19.1 Å². The van der Waals surface area contributed by atoms with E-state index in [-0.39, 0.29) is 35.1 Å². The second-order valence-electron chi connectivity index (χ2n) is 5.97. The third-order valence-corrected chi connectivity index (χ3v) is 5.02. The molecule has 0 spiro atoms. The number of carbonyl (C=O) groups excluding carboxylic acids is 2. The van der Waals surface area contributed by atoms with Gasteiger partial charge in [-0.3, -0.25) is 9.59 Å². The van der Waals surface area contributed by atoms with Crippen LogP contribution in [-0.4, -0.2) is 25.2 Å². The number of fused-ring (bicyclic) bond motifs is 1. The van der Waals surface area contributed by atoms with E-state index in [1.54, 1.807) is 13.8 Å². The number of hydrogen-bond donors (Lipinski definition) is 0. The molecule has 2 aliphatic carbocycles. The zero-order chi connectivity index (χ0) is 15.9. The van der Waals surface area contributed by atoms with Gasteiger partial charge < -0.3 is 9.47 Å². The van der Waals surface area contributed by atoms with Gasteiger partial charge in [-0.25, -0.2) is 0 Å². The predicted molar refractivity (Wildman–Crippen MR) is 81.2 cm³/mol. The van der Waals surface area contributed by atoms with Gasteiger partial charge in [-0.05, 0) is 37.3 Å². The predicted octanol–water partition coefficient (Wildman–Crippen LogP) is 2.49. The largest absolute Gasteiger partial charge is 0.466 e. The Hall–Kier alpha value is -1.84. The lowest BCUT2D eigenvalue weighted by atomic mass is 9.89. The van der Waals surface area contributed by atoms with Crippen molar-refractivity contribution in [1.29, 1.82) is 0 Å². The van der Waals surface area contributed by atoms with Gasteiger partial charge in [0.05, 0.1) is 25.0 Å². The first kappa shape index (κ1) is 15.1. The average Bonchev–Trinajstić information content (AvgIpc) is 3.36. The van der Waals surface area contributed by atoms with Crippen molar-refractivity contribution >= 4 is 11.9 Å². The summed E-state index contributed by atoms with van der Waals surface area (Å²) in [5.74, 6) is -0.693. The fourth-order valence-electron chi connectivity index (χ4n) is 3.87. The SMILES string of the molecule is CCOC(=O)[C@@H]1C2[C@@H](C(=O)OCC)C21c1ccc(CC)cc1. The van der Waals surface area contributed by atoms with Crippen molar-refractivity contribution in [3.05, 3.63) is 35.4 Å². The Kier molecular flexibility index (Phi) is 3.71. The monoisotopic (exact) mass is 302 g/mol. The minimum absolute atomic E-state index is 0.0538. The molecular formula is C18H22O4. The summed E-state index contributed by atoms with van der Waals surface area (Å²) in [5, 5.41) is 0. The normalized spacial score (nSPS) is 31.1. The zero-order valence-corrected chi connectivity index (χ0v) is 13.3. The van der Waals surface area contributed by atoms with Crippen molar-refractivity contribution in [2.75, 3.05) is 13.2 Å². The van der Waals surface area contributed by atoms with E-state index in [1.165, 1.54) is 5.56 Å². The van der Waals surface area contributed by atoms with E-state index >= 15 is 0 Å². The van der Waals surface area contributed by atoms with Crippen LogP contribution in [0.15, 0.2) is 24.3 Å². The van der Waals surface area contributed by atoms with Crippen molar-refractivity contribution in [1.82, 2.24) is 0 Å². The van der Waals surface area contributed by atoms with E-state index in [2.05, 4.69) is 19.1 Å². The molecule has 0 amide bonds. The van der Waals surface area contributed by atoms with E-state index in [1.807, 2.05) is 12.1 Å². The van der Waals surface area contributed by atoms with Crippen molar-refractivity contribution in [3.63, 3.8) is 0 Å². The lowest BCUT2D eigenvalue weighted by Gasteiger charge is -2.18. The van der Waals surface area contributed by atoms with Crippen molar-refractivity contribution in [2.45, 2.75) is 32.6 Å². The summed E-state index contributed by atoms with van der Waals surface area (Å²) < 4.78 is 10.3. The van der Waals surface area contributed by atoms with Gasteiger partial charge in [-0.1, -0.05) is 31.2 Å². The Morgan fingerprint density at radius 2 is 1.45 bits per heavy atom. The van der Waals surface area contributed by atoms with Crippen LogP contribution in [-0.2, 0) is 30.9 Å². The first-order chi connectivity index (χ1) is 10.6. The fraction of sp³-hybridized carbons (Fsp3) is 0.556. The summed E-state index contributed by atoms with van der Waals surface area (Å²) in [5.41, 5.74) is 1.94. The van der Waals surface area contributed by atoms with Crippen LogP contribution in [0.4, 0.5) is 0 Å². The second-order valence-corrected chi connectivity index (χ2v) is 5.97. The van der Waals surface area contributed by atoms with E-state index in [0.717, 1.165) is 12.0 Å². The summed E-state index contributed by atoms with van der Waals surface area (Å²) in [4.78, 5) is 24.2. The molecule has 3 rings (SSSR count). The maximum absolute atomic E-state index is 12.1. The van der Waals surface area contributed by atoms with Gasteiger partial charge in [0.1, 0.15) is 0 Å². The van der Waals surface area contributed by atoms with Gasteiger partial charge in [0.2, 0.25) is 0 Å². The quantitative estimate of drug-likeness (QED) is 0.758. The van der Waals surface area contributed by atoms with Crippen molar-refractivity contribution in [3.8, 4) is 0 Å². The van der Waals surface area contributed by atoms with E-state index in [0.29, 0.717) is 13.2 Å². The Morgan fingerprint density at radius 3 is 1.86 bits per heavy atom. The van der Waals surface area contributed by atoms with E-state index in [4.69, 9.17) is 9.47 Å². The summed E-state index contributed by atoms with van der Waals surface area (Å²) >= 11 is 0. The minimum atomic E-state index is -0.370. The van der Waals surface area contributed by atoms with Crippen LogP contribution < -0.4 is 0 Å². The molecule has 1 aromatic rings. The lowest BCUT2D eigenvalue weighted by Crippen LogP contribution is -2.28.